The molecule has 18 heavy (non-hydrogen) atoms. The summed E-state index contributed by atoms with van der Waals surface area (Å²) < 4.78 is 0. The van der Waals surface area contributed by atoms with Crippen LogP contribution < -0.4 is 11.1 Å². The van der Waals surface area contributed by atoms with Crippen LogP contribution in [0.1, 0.15) is 43.1 Å². The lowest BCUT2D eigenvalue weighted by Gasteiger charge is -2.21. The molecule has 1 aromatic carbocycles. The van der Waals surface area contributed by atoms with Gasteiger partial charge < -0.3 is 11.1 Å². The molecule has 1 aromatic rings. The topological polar surface area (TPSA) is 55.1 Å². The number of hydrogen-bond donors (Lipinski definition) is 2. The average Bonchev–Trinajstić information content (AvgIpc) is 2.36. The van der Waals surface area contributed by atoms with Gasteiger partial charge in [-0.05, 0) is 36.9 Å². The molecule has 0 aliphatic heterocycles. The maximum Gasteiger partial charge on any atom is 0.251 e. The smallest absolute Gasteiger partial charge is 0.251 e. The summed E-state index contributed by atoms with van der Waals surface area (Å²) in [6.45, 7) is 6.91. The minimum absolute atomic E-state index is 0.0135. The van der Waals surface area contributed by atoms with Gasteiger partial charge in [-0.1, -0.05) is 39.0 Å². The second-order valence-electron chi connectivity index (χ2n) is 4.93. The van der Waals surface area contributed by atoms with E-state index in [-0.39, 0.29) is 11.9 Å². The van der Waals surface area contributed by atoms with Gasteiger partial charge >= 0.3 is 0 Å². The minimum atomic E-state index is 0.0135. The second kappa shape index (κ2) is 7.17. The van der Waals surface area contributed by atoms with Crippen molar-refractivity contribution in [3.05, 3.63) is 35.4 Å². The molecule has 0 saturated heterocycles. The molecule has 0 aliphatic rings. The largest absolute Gasteiger partial charge is 0.349 e. The Morgan fingerprint density at radius 3 is 2.56 bits per heavy atom. The molecule has 3 heteroatoms. The number of hydrogen-bond acceptors (Lipinski definition) is 2. The molecule has 1 unspecified atom stereocenters. The number of rotatable bonds is 6. The van der Waals surface area contributed by atoms with Gasteiger partial charge in [0.05, 0.1) is 0 Å². The van der Waals surface area contributed by atoms with Crippen LogP contribution in [-0.2, 0) is 6.42 Å². The molecule has 1 rings (SSSR count). The lowest BCUT2D eigenvalue weighted by Crippen LogP contribution is -2.38. The van der Waals surface area contributed by atoms with Crippen molar-refractivity contribution in [2.75, 3.05) is 6.54 Å². The number of benzene rings is 1. The van der Waals surface area contributed by atoms with Crippen molar-refractivity contribution in [1.29, 1.82) is 0 Å². The third-order valence-corrected chi connectivity index (χ3v) is 3.24. The monoisotopic (exact) mass is 248 g/mol. The van der Waals surface area contributed by atoms with E-state index >= 15 is 0 Å². The summed E-state index contributed by atoms with van der Waals surface area (Å²) in [5.74, 6) is 0.459. The molecule has 0 aromatic heterocycles. The van der Waals surface area contributed by atoms with Gasteiger partial charge in [-0.2, -0.15) is 0 Å². The molecule has 0 spiro atoms. The third-order valence-electron chi connectivity index (χ3n) is 3.24. The van der Waals surface area contributed by atoms with E-state index in [0.717, 1.165) is 24.0 Å². The minimum Gasteiger partial charge on any atom is -0.349 e. The lowest BCUT2D eigenvalue weighted by molar-refractivity contribution is 0.0923. The standard InChI is InChI=1S/C15H24N2O/c1-4-14(11(2)3)17-15(18)13-8-6-5-7-12(13)9-10-16/h5-8,11,14H,4,9-10,16H2,1-3H3,(H,17,18). The summed E-state index contributed by atoms with van der Waals surface area (Å²) in [7, 11) is 0. The Labute approximate surface area is 110 Å². The molecule has 0 fully saturated rings. The number of carbonyl (C=O) groups excluding carboxylic acids is 1. The van der Waals surface area contributed by atoms with Gasteiger partial charge in [-0.15, -0.1) is 0 Å². The van der Waals surface area contributed by atoms with E-state index in [9.17, 15) is 4.79 Å². The fourth-order valence-electron chi connectivity index (χ4n) is 2.10. The highest BCUT2D eigenvalue weighted by Crippen LogP contribution is 2.12. The van der Waals surface area contributed by atoms with Crippen LogP contribution in [0.15, 0.2) is 24.3 Å². The van der Waals surface area contributed by atoms with E-state index in [1.807, 2.05) is 24.3 Å². The Bertz CT molecular complexity index is 388. The molecule has 0 heterocycles. The van der Waals surface area contributed by atoms with Crippen molar-refractivity contribution >= 4 is 5.91 Å². The van der Waals surface area contributed by atoms with E-state index in [4.69, 9.17) is 5.73 Å². The van der Waals surface area contributed by atoms with E-state index in [0.29, 0.717) is 12.5 Å². The van der Waals surface area contributed by atoms with Crippen LogP contribution in [-0.4, -0.2) is 18.5 Å². The Balaban J connectivity index is 2.83. The van der Waals surface area contributed by atoms with Crippen LogP contribution in [0.5, 0.6) is 0 Å². The highest BCUT2D eigenvalue weighted by Gasteiger charge is 2.16. The number of nitrogens with two attached hydrogens (primary N) is 1. The normalized spacial score (nSPS) is 12.5. The molecule has 0 bridgehead atoms. The van der Waals surface area contributed by atoms with Crippen LogP contribution in [0.2, 0.25) is 0 Å². The predicted octanol–water partition coefficient (Wildman–Crippen LogP) is 2.35. The quantitative estimate of drug-likeness (QED) is 0.812. The molecule has 1 amide bonds. The van der Waals surface area contributed by atoms with Crippen LogP contribution in [0, 0.1) is 5.92 Å². The zero-order valence-electron chi connectivity index (χ0n) is 11.6. The van der Waals surface area contributed by atoms with Gasteiger partial charge in [0.25, 0.3) is 5.91 Å². The Morgan fingerprint density at radius 2 is 2.00 bits per heavy atom. The maximum atomic E-state index is 12.3. The van der Waals surface area contributed by atoms with Gasteiger partial charge in [0.1, 0.15) is 0 Å². The van der Waals surface area contributed by atoms with Crippen LogP contribution in [0.4, 0.5) is 0 Å². The zero-order chi connectivity index (χ0) is 13.5. The Hall–Kier alpha value is -1.35. The van der Waals surface area contributed by atoms with Crippen LogP contribution >= 0.6 is 0 Å². The van der Waals surface area contributed by atoms with Crippen molar-refractivity contribution in [3.63, 3.8) is 0 Å². The van der Waals surface area contributed by atoms with Crippen molar-refractivity contribution in [2.24, 2.45) is 11.7 Å². The number of amides is 1. The summed E-state index contributed by atoms with van der Waals surface area (Å²) in [5.41, 5.74) is 7.35. The third kappa shape index (κ3) is 3.84. The molecule has 3 nitrogen and oxygen atoms in total. The van der Waals surface area contributed by atoms with Crippen molar-refractivity contribution in [1.82, 2.24) is 5.32 Å². The van der Waals surface area contributed by atoms with Crippen LogP contribution in [0.3, 0.4) is 0 Å². The summed E-state index contributed by atoms with van der Waals surface area (Å²) in [6, 6.07) is 7.90. The van der Waals surface area contributed by atoms with E-state index in [2.05, 4.69) is 26.1 Å². The number of carbonyl (C=O) groups is 1. The van der Waals surface area contributed by atoms with Crippen molar-refractivity contribution in [3.8, 4) is 0 Å². The first-order valence-electron chi connectivity index (χ1n) is 6.69. The zero-order valence-corrected chi connectivity index (χ0v) is 11.6. The lowest BCUT2D eigenvalue weighted by atomic mass is 9.99. The van der Waals surface area contributed by atoms with Gasteiger partial charge in [0.15, 0.2) is 0 Å². The number of nitrogens with one attached hydrogen (secondary N) is 1. The van der Waals surface area contributed by atoms with Crippen molar-refractivity contribution in [2.45, 2.75) is 39.7 Å². The Morgan fingerprint density at radius 1 is 1.33 bits per heavy atom. The molecule has 0 radical (unpaired) electrons. The molecule has 100 valence electrons. The van der Waals surface area contributed by atoms with Crippen molar-refractivity contribution < 1.29 is 4.79 Å². The fourth-order valence-corrected chi connectivity index (χ4v) is 2.10. The average molecular weight is 248 g/mol. The molecule has 1 atom stereocenters. The molecular weight excluding hydrogens is 224 g/mol. The summed E-state index contributed by atoms with van der Waals surface area (Å²) in [4.78, 5) is 12.3. The second-order valence-corrected chi connectivity index (χ2v) is 4.93. The first-order chi connectivity index (χ1) is 8.60. The highest BCUT2D eigenvalue weighted by molar-refractivity contribution is 5.95. The van der Waals surface area contributed by atoms with E-state index in [1.54, 1.807) is 0 Å². The predicted molar refractivity (Wildman–Crippen MR) is 75.6 cm³/mol. The van der Waals surface area contributed by atoms with Gasteiger partial charge in [-0.25, -0.2) is 0 Å². The molecule has 0 saturated carbocycles. The summed E-state index contributed by atoms with van der Waals surface area (Å²) in [5, 5.41) is 3.10. The van der Waals surface area contributed by atoms with Gasteiger partial charge in [0.2, 0.25) is 0 Å². The van der Waals surface area contributed by atoms with Gasteiger partial charge in [0, 0.05) is 11.6 Å². The van der Waals surface area contributed by atoms with E-state index in [1.165, 1.54) is 0 Å². The molecule has 3 N–H and O–H groups in total. The van der Waals surface area contributed by atoms with Crippen LogP contribution in [0.25, 0.3) is 0 Å². The highest BCUT2D eigenvalue weighted by atomic mass is 16.1. The maximum absolute atomic E-state index is 12.3. The van der Waals surface area contributed by atoms with Gasteiger partial charge in [-0.3, -0.25) is 4.79 Å². The Kier molecular flexibility index (Phi) is 5.86. The summed E-state index contributed by atoms with van der Waals surface area (Å²) >= 11 is 0. The molecule has 0 aliphatic carbocycles. The van der Waals surface area contributed by atoms with E-state index < -0.39 is 0 Å². The SMILES string of the molecule is CCC(NC(=O)c1ccccc1CCN)C(C)C. The first kappa shape index (κ1) is 14.7. The summed E-state index contributed by atoms with van der Waals surface area (Å²) in [6.07, 6.45) is 1.69. The first-order valence-corrected chi connectivity index (χ1v) is 6.69. The molecular formula is C15H24N2O. The fraction of sp³-hybridized carbons (Fsp3) is 0.533.